The summed E-state index contributed by atoms with van der Waals surface area (Å²) in [7, 11) is 0. The second kappa shape index (κ2) is 48.1. The molecule has 0 radical (unpaired) electrons. The minimum Gasteiger partial charge on any atom is -0.508 e. The summed E-state index contributed by atoms with van der Waals surface area (Å²) >= 11 is 0. The van der Waals surface area contributed by atoms with Crippen LogP contribution in [0.25, 0.3) is 10.9 Å². The third-order valence-corrected chi connectivity index (χ3v) is 19.5. The first-order valence-corrected chi connectivity index (χ1v) is 39.1. The number of phenolic OH excluding ortho intramolecular Hbond substituents is 1. The monoisotopic (exact) mass is 1650 g/mol. The van der Waals surface area contributed by atoms with Crippen molar-refractivity contribution < 1.29 is 92.3 Å². The summed E-state index contributed by atoms with van der Waals surface area (Å²) in [4.78, 5) is 220. The maximum absolute atomic E-state index is 15.2. The fourth-order valence-corrected chi connectivity index (χ4v) is 13.1. The number of nitrogens with two attached hydrogens (primary N) is 3. The zero-order valence-corrected chi connectivity index (χ0v) is 66.3. The van der Waals surface area contributed by atoms with Crippen molar-refractivity contribution in [3.63, 3.8) is 0 Å². The number of fused-ring (bicyclic) bond motifs is 1. The number of carboxylic acid groups (broad SMARTS) is 1. The number of carbonyl (C=O) groups excluding carboxylic acids is 14. The van der Waals surface area contributed by atoms with E-state index in [0.29, 0.717) is 53.3 Å². The van der Waals surface area contributed by atoms with E-state index in [0.717, 1.165) is 6.92 Å². The Morgan fingerprint density at radius 1 is 0.559 bits per heavy atom. The highest BCUT2D eigenvalue weighted by Crippen LogP contribution is 2.23. The van der Waals surface area contributed by atoms with Crippen LogP contribution in [0, 0.1) is 11.3 Å². The Kier molecular flexibility index (Phi) is 38.4. The van der Waals surface area contributed by atoms with E-state index >= 15 is 14.4 Å². The minimum atomic E-state index is -1.83. The van der Waals surface area contributed by atoms with Gasteiger partial charge in [-0.3, -0.25) is 77.3 Å². The highest BCUT2D eigenvalue weighted by atomic mass is 16.4. The van der Waals surface area contributed by atoms with Crippen molar-refractivity contribution in [2.24, 2.45) is 23.1 Å². The fraction of sp³-hybridized carbons (Fsp3) is 0.500. The number of hydrogen-bond donors (Lipinski definition) is 23. The molecule has 6 rings (SSSR count). The van der Waals surface area contributed by atoms with E-state index in [1.807, 2.05) is 0 Å². The molecule has 0 saturated carbocycles. The molecule has 118 heavy (non-hydrogen) atoms. The largest absolute Gasteiger partial charge is 0.508 e. The van der Waals surface area contributed by atoms with Gasteiger partial charge in [-0.1, -0.05) is 94.3 Å². The lowest BCUT2D eigenvalue weighted by atomic mass is 10.0. The number of unbranched alkanes of at least 4 members (excludes halogenated alkanes) is 2. The summed E-state index contributed by atoms with van der Waals surface area (Å²) in [6.45, 7) is 3.96. The standard InChI is InChI=1S/C78H111N21O19/c1-5-6-19-52(91-75(116)61(41-101)97-72(113)57(34-46-24-26-49(103)27-25-46)94-74(115)60(40-100)88-44(4)102)68(109)92-54(28-29-64(105)106)70(111)96-59(36-48-38-83-42-87-48)73(114)93-56(33-45-16-8-7-9-17-45)71(112)90-53(22-14-31-84-78(81)82)69(110)95-58(35-47-37-85-51-20-11-10-18-50(47)51)67(108)86-39-63(104)89-55(21-12-13-30-79)77(118)99-32-15-23-62(99)76(117)98-65(43(2)3)66(80)107/h7-11,16-18,20,24-27,37-38,42-43,52-62,65,85,100-101,103H,5-6,12-15,19,21-23,28-36,39-41,79H2,1-4H3,(H2,80,107)(H,83,87)(H,86,108)(H,88,102)(H,89,104)(H,90,112)(H,91,116)(H,92,109)(H,93,114)(H,94,115)(H,95,110)(H,96,111)(H,97,113)(H,98,117)(H,105,106)(H4,81,82,84)/t52-,53-,54-,55-,56+,57+,58-,59-,60-,61-,62-,65-/m0/s1. The maximum Gasteiger partial charge on any atom is 0.303 e. The van der Waals surface area contributed by atoms with Crippen molar-refractivity contribution >= 4 is 106 Å². The highest BCUT2D eigenvalue weighted by Gasteiger charge is 2.41. The van der Waals surface area contributed by atoms with Crippen LogP contribution in [-0.2, 0) is 97.6 Å². The topological polar surface area (TPSA) is 643 Å². The second-order valence-electron chi connectivity index (χ2n) is 29.0. The third kappa shape index (κ3) is 30.6. The number of para-hydroxylation sites is 1. The van der Waals surface area contributed by atoms with Crippen LogP contribution in [0.2, 0.25) is 0 Å². The van der Waals surface area contributed by atoms with Gasteiger partial charge in [0.05, 0.1) is 26.1 Å². The molecule has 14 amide bonds. The van der Waals surface area contributed by atoms with Crippen LogP contribution in [0.3, 0.4) is 0 Å². The predicted octanol–water partition coefficient (Wildman–Crippen LogP) is -4.10. The molecule has 2 aromatic heterocycles. The number of nitrogens with one attached hydrogen (secondary N) is 16. The molecule has 642 valence electrons. The van der Waals surface area contributed by atoms with Gasteiger partial charge in [-0.05, 0) is 105 Å². The summed E-state index contributed by atoms with van der Waals surface area (Å²) in [6, 6.07) is 3.00. The van der Waals surface area contributed by atoms with E-state index < -0.39 is 200 Å². The van der Waals surface area contributed by atoms with E-state index in [9.17, 15) is 78.0 Å². The summed E-state index contributed by atoms with van der Waals surface area (Å²) in [5.41, 5.74) is 19.3. The number of amides is 14. The number of imidazole rings is 1. The molecule has 12 atom stereocenters. The van der Waals surface area contributed by atoms with Crippen LogP contribution in [0.15, 0.2) is 97.6 Å². The number of hydrogen-bond acceptors (Lipinski definition) is 21. The SMILES string of the molecule is CCCC[C@H](NC(=O)[C@H](CO)NC(=O)[C@@H](Cc1ccc(O)cc1)NC(=O)[C@H](CO)NC(C)=O)C(=O)N[C@@H](CCC(=O)O)C(=O)N[C@@H](Cc1cnc[nH]1)C(=O)N[C@H](Cc1ccccc1)C(=O)N[C@@H](CCCNC(=N)N)C(=O)N[C@@H](Cc1c[nH]c2ccccc12)C(=O)NCC(=O)N[C@@H](CCCCN)C(=O)N1CCC[C@H]1C(=O)N[C@H](C(N)=O)C(C)C. The number of aromatic amines is 2. The van der Waals surface area contributed by atoms with Crippen LogP contribution in [0.4, 0.5) is 0 Å². The van der Waals surface area contributed by atoms with E-state index in [-0.39, 0.29) is 101 Å². The van der Waals surface area contributed by atoms with Gasteiger partial charge >= 0.3 is 5.97 Å². The number of likely N-dealkylation sites (tertiary alicyclic amines) is 1. The lowest BCUT2D eigenvalue weighted by Crippen LogP contribution is -2.61. The molecule has 1 aliphatic rings. The number of phenols is 1. The van der Waals surface area contributed by atoms with Gasteiger partial charge in [-0.2, -0.15) is 0 Å². The molecule has 0 unspecified atom stereocenters. The summed E-state index contributed by atoms with van der Waals surface area (Å²) < 4.78 is 0. The molecule has 40 heteroatoms. The van der Waals surface area contributed by atoms with Gasteiger partial charge in [0.2, 0.25) is 82.7 Å². The molecule has 1 fully saturated rings. The average Bonchev–Trinajstić information content (AvgIpc) is 1.64. The number of aliphatic carboxylic acids is 1. The smallest absolute Gasteiger partial charge is 0.303 e. The number of aromatic nitrogens is 3. The Morgan fingerprint density at radius 2 is 1.07 bits per heavy atom. The van der Waals surface area contributed by atoms with Crippen molar-refractivity contribution in [1.82, 2.24) is 89.0 Å². The zero-order chi connectivity index (χ0) is 86.5. The highest BCUT2D eigenvalue weighted by molar-refractivity contribution is 6.00. The fourth-order valence-electron chi connectivity index (χ4n) is 13.1. The van der Waals surface area contributed by atoms with Crippen molar-refractivity contribution in [2.75, 3.05) is 39.4 Å². The number of H-pyrrole nitrogens is 2. The molecule has 0 spiro atoms. The summed E-state index contributed by atoms with van der Waals surface area (Å²) in [6.07, 6.45) is 3.71. The number of aliphatic hydroxyl groups is 2. The Morgan fingerprint density at radius 3 is 1.60 bits per heavy atom. The predicted molar refractivity (Wildman–Crippen MR) is 428 cm³/mol. The van der Waals surface area contributed by atoms with E-state index in [1.54, 1.807) is 81.6 Å². The number of benzene rings is 3. The molecule has 26 N–H and O–H groups in total. The van der Waals surface area contributed by atoms with E-state index in [2.05, 4.69) is 84.1 Å². The quantitative estimate of drug-likeness (QED) is 0.01000. The molecular formula is C78H111N21O19. The number of guanidine groups is 1. The van der Waals surface area contributed by atoms with Gasteiger partial charge in [0.15, 0.2) is 5.96 Å². The van der Waals surface area contributed by atoms with Gasteiger partial charge < -0.3 is 122 Å². The first-order valence-electron chi connectivity index (χ1n) is 39.1. The molecule has 0 aliphatic carbocycles. The van der Waals surface area contributed by atoms with Crippen LogP contribution in [0.1, 0.15) is 127 Å². The summed E-state index contributed by atoms with van der Waals surface area (Å²) in [5.74, 6) is -15.1. The van der Waals surface area contributed by atoms with Crippen LogP contribution in [0.5, 0.6) is 5.75 Å². The molecule has 3 heterocycles. The van der Waals surface area contributed by atoms with Crippen molar-refractivity contribution in [3.8, 4) is 5.75 Å². The van der Waals surface area contributed by atoms with Gasteiger partial charge in [0.1, 0.15) is 78.3 Å². The number of rotatable bonds is 50. The normalized spacial score (nSPS) is 15.2. The van der Waals surface area contributed by atoms with Gasteiger partial charge in [-0.25, -0.2) is 4.98 Å². The Hall–Kier alpha value is -12.6. The van der Waals surface area contributed by atoms with Crippen LogP contribution in [-0.4, -0.2) is 247 Å². The van der Waals surface area contributed by atoms with Gasteiger partial charge in [0, 0.05) is 81.1 Å². The maximum atomic E-state index is 15.2. The number of carbonyl (C=O) groups is 15. The first-order chi connectivity index (χ1) is 56.3. The number of carboxylic acids is 1. The second-order valence-corrected chi connectivity index (χ2v) is 29.0. The minimum absolute atomic E-state index is 0.00399. The van der Waals surface area contributed by atoms with Crippen molar-refractivity contribution in [3.05, 3.63) is 120 Å². The number of primary amides is 1. The van der Waals surface area contributed by atoms with Gasteiger partial charge in [-0.15, -0.1) is 0 Å². The molecular weight excluding hydrogens is 1530 g/mol. The van der Waals surface area contributed by atoms with Crippen molar-refractivity contribution in [1.29, 1.82) is 5.41 Å². The van der Waals surface area contributed by atoms with Crippen LogP contribution >= 0.6 is 0 Å². The molecule has 3 aromatic carbocycles. The third-order valence-electron chi connectivity index (χ3n) is 19.5. The van der Waals surface area contributed by atoms with Crippen molar-refractivity contribution in [2.45, 2.75) is 203 Å². The van der Waals surface area contributed by atoms with Gasteiger partial charge in [0.25, 0.3) is 0 Å². The van der Waals surface area contributed by atoms with E-state index in [1.165, 1.54) is 41.7 Å². The molecule has 1 aliphatic heterocycles. The Bertz CT molecular complexity index is 4240. The average molecular weight is 1650 g/mol. The zero-order valence-electron chi connectivity index (χ0n) is 66.3. The first kappa shape index (κ1) is 94.3. The number of nitrogens with zero attached hydrogens (tertiary/aromatic N) is 2. The Labute approximate surface area is 680 Å². The Balaban J connectivity index is 1.25. The number of aromatic hydroxyl groups is 1. The molecule has 40 nitrogen and oxygen atoms in total. The molecule has 0 bridgehead atoms. The number of aliphatic hydroxyl groups excluding tert-OH is 2. The molecule has 5 aromatic rings. The van der Waals surface area contributed by atoms with E-state index in [4.69, 9.17) is 22.6 Å². The lowest BCUT2D eigenvalue weighted by molar-refractivity contribution is -0.142. The lowest BCUT2D eigenvalue weighted by Gasteiger charge is -2.30. The molecule has 1 saturated heterocycles. The summed E-state index contributed by atoms with van der Waals surface area (Å²) in [5, 5.41) is 81.9. The van der Waals surface area contributed by atoms with Crippen LogP contribution < -0.4 is 86.3 Å².